The van der Waals surface area contributed by atoms with Gasteiger partial charge in [-0.3, -0.25) is 0 Å². The van der Waals surface area contributed by atoms with Crippen LogP contribution < -0.4 is 0 Å². The predicted octanol–water partition coefficient (Wildman–Crippen LogP) is 5.79. The Morgan fingerprint density at radius 3 is 2.76 bits per heavy atom. The van der Waals surface area contributed by atoms with Crippen LogP contribution in [0.25, 0.3) is 21.3 Å². The first-order valence-electron chi connectivity index (χ1n) is 10.2. The first-order chi connectivity index (χ1) is 14.1. The molecular formula is C24H27NO3S. The molecule has 2 aromatic heterocycles. The summed E-state index contributed by atoms with van der Waals surface area (Å²) in [5.41, 5.74) is 5.89. The van der Waals surface area contributed by atoms with E-state index in [0.29, 0.717) is 6.61 Å². The lowest BCUT2D eigenvalue weighted by Gasteiger charge is -2.24. The zero-order valence-corrected chi connectivity index (χ0v) is 17.8. The SMILES string of the molecule is C=C(O)C(OCC)c1c(C)nc2sc3c(c2c1-c1ccccc1CO)CCCC3. The highest BCUT2D eigenvalue weighted by Crippen LogP contribution is 2.46. The van der Waals surface area contributed by atoms with E-state index in [9.17, 15) is 10.2 Å². The molecule has 2 N–H and O–H groups in total. The number of ether oxygens (including phenoxy) is 1. The minimum absolute atomic E-state index is 0.0251. The molecule has 2 heterocycles. The Morgan fingerprint density at radius 1 is 1.28 bits per heavy atom. The van der Waals surface area contributed by atoms with Crippen molar-refractivity contribution in [2.75, 3.05) is 6.61 Å². The van der Waals surface area contributed by atoms with Crippen LogP contribution in [0.4, 0.5) is 0 Å². The van der Waals surface area contributed by atoms with Gasteiger partial charge in [0.1, 0.15) is 16.7 Å². The van der Waals surface area contributed by atoms with Crippen molar-refractivity contribution in [2.45, 2.75) is 52.2 Å². The van der Waals surface area contributed by atoms with E-state index in [1.54, 1.807) is 11.3 Å². The molecule has 5 heteroatoms. The second-order valence-corrected chi connectivity index (χ2v) is 8.60. The Morgan fingerprint density at radius 2 is 2.03 bits per heavy atom. The third-order valence-corrected chi connectivity index (χ3v) is 6.87. The number of thiophene rings is 1. The molecule has 3 aromatic rings. The number of aliphatic hydroxyl groups is 2. The molecule has 1 aliphatic rings. The fraction of sp³-hybridized carbons (Fsp3) is 0.375. The summed E-state index contributed by atoms with van der Waals surface area (Å²) < 4.78 is 5.93. The molecule has 1 aliphatic carbocycles. The van der Waals surface area contributed by atoms with Gasteiger partial charge in [-0.2, -0.15) is 0 Å². The van der Waals surface area contributed by atoms with Crippen molar-refractivity contribution in [1.82, 2.24) is 4.98 Å². The molecule has 152 valence electrons. The summed E-state index contributed by atoms with van der Waals surface area (Å²) in [6.07, 6.45) is 3.85. The van der Waals surface area contributed by atoms with Gasteiger partial charge in [-0.15, -0.1) is 11.3 Å². The third-order valence-electron chi connectivity index (χ3n) is 5.69. The van der Waals surface area contributed by atoms with Gasteiger partial charge in [0, 0.05) is 33.7 Å². The lowest BCUT2D eigenvalue weighted by Crippen LogP contribution is -2.12. The van der Waals surface area contributed by atoms with Crippen molar-refractivity contribution in [3.8, 4) is 11.1 Å². The van der Waals surface area contributed by atoms with Crippen LogP contribution >= 0.6 is 11.3 Å². The second kappa shape index (κ2) is 8.27. The molecule has 0 amide bonds. The molecule has 4 rings (SSSR count). The average Bonchev–Trinajstić information content (AvgIpc) is 3.09. The number of aromatic nitrogens is 1. The molecule has 0 saturated heterocycles. The van der Waals surface area contributed by atoms with E-state index in [-0.39, 0.29) is 12.4 Å². The van der Waals surface area contributed by atoms with E-state index >= 15 is 0 Å². The van der Waals surface area contributed by atoms with Crippen LogP contribution in [0.15, 0.2) is 36.6 Å². The van der Waals surface area contributed by atoms with E-state index in [1.807, 2.05) is 38.1 Å². The van der Waals surface area contributed by atoms with Gasteiger partial charge in [0.2, 0.25) is 0 Å². The van der Waals surface area contributed by atoms with Crippen LogP contribution in [0.2, 0.25) is 0 Å². The van der Waals surface area contributed by atoms with E-state index in [4.69, 9.17) is 9.72 Å². The van der Waals surface area contributed by atoms with Crippen LogP contribution in [0.5, 0.6) is 0 Å². The van der Waals surface area contributed by atoms with Gasteiger partial charge in [0.15, 0.2) is 0 Å². The van der Waals surface area contributed by atoms with E-state index < -0.39 is 6.10 Å². The molecule has 1 aromatic carbocycles. The zero-order valence-electron chi connectivity index (χ0n) is 17.0. The zero-order chi connectivity index (χ0) is 20.5. The Balaban J connectivity index is 2.14. The predicted molar refractivity (Wildman–Crippen MR) is 118 cm³/mol. The number of aryl methyl sites for hydroxylation is 3. The molecule has 4 nitrogen and oxygen atoms in total. The number of rotatable bonds is 6. The summed E-state index contributed by atoms with van der Waals surface area (Å²) in [5, 5.41) is 21.6. The Labute approximate surface area is 175 Å². The first-order valence-corrected chi connectivity index (χ1v) is 11.0. The quantitative estimate of drug-likeness (QED) is 0.506. The summed E-state index contributed by atoms with van der Waals surface area (Å²) in [5.74, 6) is -0.0251. The number of hydrogen-bond donors (Lipinski definition) is 2. The first kappa shape index (κ1) is 20.1. The van der Waals surface area contributed by atoms with Crippen LogP contribution in [-0.4, -0.2) is 21.8 Å². The molecule has 0 saturated carbocycles. The van der Waals surface area contributed by atoms with E-state index in [0.717, 1.165) is 51.0 Å². The van der Waals surface area contributed by atoms with Gasteiger partial charge < -0.3 is 14.9 Å². The highest BCUT2D eigenvalue weighted by atomic mass is 32.1. The summed E-state index contributed by atoms with van der Waals surface area (Å²) >= 11 is 1.78. The monoisotopic (exact) mass is 409 g/mol. The number of aliphatic hydroxyl groups excluding tert-OH is 2. The lowest BCUT2D eigenvalue weighted by molar-refractivity contribution is 0.0579. The smallest absolute Gasteiger partial charge is 0.141 e. The molecule has 0 spiro atoms. The Hall–Kier alpha value is -2.21. The standard InChI is InChI=1S/C24H27NO3S/c1-4-28-23(15(3)27)20-14(2)25-24-22(18-11-7-8-12-19(18)29-24)21(20)17-10-6-5-9-16(17)13-26/h5-6,9-10,23,26-27H,3-4,7-8,11-13H2,1-2H3. The molecular weight excluding hydrogens is 382 g/mol. The fourth-order valence-corrected chi connectivity index (χ4v) is 5.75. The minimum Gasteiger partial charge on any atom is -0.510 e. The summed E-state index contributed by atoms with van der Waals surface area (Å²) in [7, 11) is 0. The number of benzene rings is 1. The van der Waals surface area contributed by atoms with Crippen LogP contribution in [0, 0.1) is 6.92 Å². The average molecular weight is 410 g/mol. The number of nitrogens with zero attached hydrogens (tertiary/aromatic N) is 1. The van der Waals surface area contributed by atoms with Crippen LogP contribution in [0.3, 0.4) is 0 Å². The number of hydrogen-bond acceptors (Lipinski definition) is 5. The van der Waals surface area contributed by atoms with Gasteiger partial charge >= 0.3 is 0 Å². The van der Waals surface area contributed by atoms with Gasteiger partial charge in [0.05, 0.1) is 6.61 Å². The molecule has 29 heavy (non-hydrogen) atoms. The van der Waals surface area contributed by atoms with Gasteiger partial charge in [-0.25, -0.2) is 4.98 Å². The van der Waals surface area contributed by atoms with Crippen LogP contribution in [0.1, 0.15) is 53.1 Å². The number of pyridine rings is 1. The highest BCUT2D eigenvalue weighted by molar-refractivity contribution is 7.19. The molecule has 1 atom stereocenters. The van der Waals surface area contributed by atoms with E-state index in [2.05, 4.69) is 6.58 Å². The number of fused-ring (bicyclic) bond motifs is 3. The second-order valence-electron chi connectivity index (χ2n) is 7.52. The maximum atomic E-state index is 10.4. The summed E-state index contributed by atoms with van der Waals surface area (Å²) in [6.45, 7) is 8.05. The van der Waals surface area contributed by atoms with Crippen molar-refractivity contribution in [3.63, 3.8) is 0 Å². The molecule has 0 radical (unpaired) electrons. The molecule has 0 aliphatic heterocycles. The minimum atomic E-state index is -0.655. The van der Waals surface area contributed by atoms with Crippen molar-refractivity contribution < 1.29 is 14.9 Å². The van der Waals surface area contributed by atoms with E-state index in [1.165, 1.54) is 23.3 Å². The van der Waals surface area contributed by atoms with Gasteiger partial charge in [-0.1, -0.05) is 30.8 Å². The lowest BCUT2D eigenvalue weighted by atomic mass is 9.86. The molecule has 1 unspecified atom stereocenters. The third kappa shape index (κ3) is 3.48. The topological polar surface area (TPSA) is 62.6 Å². The summed E-state index contributed by atoms with van der Waals surface area (Å²) in [4.78, 5) is 7.37. The summed E-state index contributed by atoms with van der Waals surface area (Å²) in [6, 6.07) is 7.92. The maximum Gasteiger partial charge on any atom is 0.141 e. The molecule has 0 fully saturated rings. The van der Waals surface area contributed by atoms with Crippen LogP contribution in [-0.2, 0) is 24.2 Å². The van der Waals surface area contributed by atoms with Crippen molar-refractivity contribution >= 4 is 21.6 Å². The van der Waals surface area contributed by atoms with Crippen molar-refractivity contribution in [1.29, 1.82) is 0 Å². The maximum absolute atomic E-state index is 10.4. The Bertz CT molecular complexity index is 1070. The Kier molecular flexibility index (Phi) is 5.72. The van der Waals surface area contributed by atoms with Gasteiger partial charge in [0.25, 0.3) is 0 Å². The van der Waals surface area contributed by atoms with Crippen molar-refractivity contribution in [3.05, 3.63) is 63.9 Å². The molecule has 0 bridgehead atoms. The fourth-order valence-electron chi connectivity index (χ4n) is 4.43. The van der Waals surface area contributed by atoms with Crippen molar-refractivity contribution in [2.24, 2.45) is 0 Å². The largest absolute Gasteiger partial charge is 0.510 e. The normalized spacial score (nSPS) is 14.7. The van der Waals surface area contributed by atoms with Gasteiger partial charge in [-0.05, 0) is 56.2 Å². The highest BCUT2D eigenvalue weighted by Gasteiger charge is 2.29.